The summed E-state index contributed by atoms with van der Waals surface area (Å²) < 4.78 is 14.3. The zero-order chi connectivity index (χ0) is 81.6. The minimum absolute atomic E-state index is 0.568. The van der Waals surface area contributed by atoms with Crippen molar-refractivity contribution in [3.63, 3.8) is 0 Å². The molecule has 15 aromatic carbocycles. The van der Waals surface area contributed by atoms with Crippen LogP contribution in [-0.2, 0) is 10.8 Å². The van der Waals surface area contributed by atoms with Gasteiger partial charge in [0.05, 0.1) is 89.2 Å². The molecule has 26 rings (SSSR count). The summed E-state index contributed by atoms with van der Waals surface area (Å²) in [6.07, 6.45) is 3.60. The molecule has 0 fully saturated rings. The Kier molecular flexibility index (Phi) is 16.0. The topological polar surface area (TPSA) is 109 Å². The lowest BCUT2D eigenvalue weighted by atomic mass is 9.65. The standard InChI is InChI=1S/C59H36N4O.C56H33N3O/c1-4-16-46-42(13-1)43-14-2-5-17-47(43)59(46)48-18-6-8-22-55(48)64-58-49(59)32-31-45-44-15-3-7-19-50(44)63-57(56(45)58)40-29-27-38(28-30-40)37-23-25-39(26-24-37)41-35-53(51-20-9-11-33-60-51)62-54(36-41)52-21-10-12-34-61-52;1-2-12-34(13-3-1)47-32-28-37-26-27-38-29-33-48(58-54(38)53(37)57-47)35-22-24-36(25-23-35)52-51-42(41-16-6-10-20-49(41)59-52)30-31-46-55(51)60-50-21-11-9-19-45(50)56(46)43-17-7-4-14-39(43)40-15-5-8-18-44(40)56/h1-36H;1-33H. The highest BCUT2D eigenvalue weighted by atomic mass is 16.5. The fourth-order valence-electron chi connectivity index (χ4n) is 20.3. The number of rotatable bonds is 8. The molecule has 9 heteroatoms. The Morgan fingerprint density at radius 1 is 0.202 bits per heavy atom. The molecule has 7 aromatic heterocycles. The van der Waals surface area contributed by atoms with E-state index in [1.54, 1.807) is 12.4 Å². The average Bonchev–Trinajstić information content (AvgIpc) is 1.34. The SMILES string of the molecule is c1ccc(-c2cc(-c3ccc(-c4ccc(-c5nc6ccccc6c6ccc7c(c56)Oc5ccccc5C75c6ccccc6-c6ccccc65)cc4)cc3)cc(-c3ccccn3)n2)nc1.c1ccc(-c2ccc3ccc4ccc(-c5ccc(-c6nc7ccccc7c7ccc8c(c67)Oc6ccccc6C86c7ccccc7-c7ccccc76)cc5)nc4c3n2)cc1. The van der Waals surface area contributed by atoms with Crippen LogP contribution in [0.25, 0.3) is 177 Å². The molecule has 0 saturated heterocycles. The zero-order valence-corrected chi connectivity index (χ0v) is 66.8. The predicted octanol–water partition coefficient (Wildman–Crippen LogP) is 28.3. The lowest BCUT2D eigenvalue weighted by Crippen LogP contribution is -2.32. The molecule has 124 heavy (non-hydrogen) atoms. The Morgan fingerprint density at radius 3 is 0.976 bits per heavy atom. The first-order valence-corrected chi connectivity index (χ1v) is 42.0. The van der Waals surface area contributed by atoms with Crippen molar-refractivity contribution in [3.05, 3.63) is 463 Å². The van der Waals surface area contributed by atoms with Crippen LogP contribution in [0.4, 0.5) is 0 Å². The molecule has 2 aliphatic heterocycles. The number of benzene rings is 15. The van der Waals surface area contributed by atoms with Crippen LogP contribution in [0.5, 0.6) is 23.0 Å². The number of hydrogen-bond acceptors (Lipinski definition) is 9. The van der Waals surface area contributed by atoms with Crippen molar-refractivity contribution in [1.29, 1.82) is 0 Å². The number of hydrogen-bond donors (Lipinski definition) is 0. The summed E-state index contributed by atoms with van der Waals surface area (Å²) in [5.74, 6) is 3.42. The molecule has 0 radical (unpaired) electrons. The molecule has 0 unspecified atom stereocenters. The minimum Gasteiger partial charge on any atom is -0.456 e. The molecular weight excluding hydrogens is 1510 g/mol. The maximum absolute atomic E-state index is 7.17. The molecular formula is C115H69N7O2. The van der Waals surface area contributed by atoms with Gasteiger partial charge in [-0.25, -0.2) is 24.9 Å². The molecule has 9 nitrogen and oxygen atoms in total. The Hall–Kier alpha value is -16.5. The van der Waals surface area contributed by atoms with E-state index in [4.69, 9.17) is 34.4 Å². The molecule has 0 saturated carbocycles. The number of nitrogens with zero attached hydrogens (tertiary/aromatic N) is 7. The van der Waals surface area contributed by atoms with Crippen LogP contribution < -0.4 is 9.47 Å². The van der Waals surface area contributed by atoms with Crippen molar-refractivity contribution in [2.24, 2.45) is 0 Å². The maximum Gasteiger partial charge on any atom is 0.142 e. The smallest absolute Gasteiger partial charge is 0.142 e. The Bertz CT molecular complexity index is 8010. The first-order valence-electron chi connectivity index (χ1n) is 42.0. The molecule has 22 aromatic rings. The van der Waals surface area contributed by atoms with Crippen LogP contribution in [-0.4, -0.2) is 34.9 Å². The third-order valence-corrected chi connectivity index (χ3v) is 25.8. The van der Waals surface area contributed by atoms with Gasteiger partial charge in [-0.15, -0.1) is 0 Å². The maximum atomic E-state index is 7.17. The van der Waals surface area contributed by atoms with E-state index in [0.29, 0.717) is 0 Å². The molecule has 576 valence electrons. The van der Waals surface area contributed by atoms with E-state index >= 15 is 0 Å². The summed E-state index contributed by atoms with van der Waals surface area (Å²) in [4.78, 5) is 35.5. The van der Waals surface area contributed by atoms with Crippen molar-refractivity contribution in [1.82, 2.24) is 34.9 Å². The fraction of sp³-hybridized carbons (Fsp3) is 0.0174. The molecule has 2 spiro atoms. The van der Waals surface area contributed by atoms with Gasteiger partial charge in [0.15, 0.2) is 0 Å². The van der Waals surface area contributed by atoms with E-state index in [-0.39, 0.29) is 0 Å². The lowest BCUT2D eigenvalue weighted by molar-refractivity contribution is 0.441. The molecule has 0 N–H and O–H groups in total. The van der Waals surface area contributed by atoms with Gasteiger partial charge in [0.1, 0.15) is 23.0 Å². The summed E-state index contributed by atoms with van der Waals surface area (Å²) in [5.41, 5.74) is 32.5. The van der Waals surface area contributed by atoms with Gasteiger partial charge in [0.2, 0.25) is 0 Å². The molecule has 9 heterocycles. The van der Waals surface area contributed by atoms with E-state index in [9.17, 15) is 0 Å². The highest BCUT2D eigenvalue weighted by Gasteiger charge is 2.53. The third kappa shape index (κ3) is 10.8. The van der Waals surface area contributed by atoms with Crippen molar-refractivity contribution in [2.75, 3.05) is 0 Å². The number of fused-ring (bicyclic) bond motifs is 29. The Balaban J connectivity index is 0.000000136. The molecule has 0 bridgehead atoms. The fourth-order valence-corrected chi connectivity index (χ4v) is 20.3. The van der Waals surface area contributed by atoms with Gasteiger partial charge < -0.3 is 9.47 Å². The van der Waals surface area contributed by atoms with Crippen molar-refractivity contribution in [2.45, 2.75) is 10.8 Å². The van der Waals surface area contributed by atoms with Crippen LogP contribution in [0.1, 0.15) is 44.5 Å². The normalized spacial score (nSPS) is 13.1. The third-order valence-electron chi connectivity index (χ3n) is 25.8. The van der Waals surface area contributed by atoms with Gasteiger partial charge in [-0.3, -0.25) is 9.97 Å². The van der Waals surface area contributed by atoms with E-state index < -0.39 is 10.8 Å². The van der Waals surface area contributed by atoms with Gasteiger partial charge in [-0.05, 0) is 150 Å². The first-order chi connectivity index (χ1) is 61.5. The molecule has 4 aliphatic rings. The monoisotopic (exact) mass is 1580 g/mol. The van der Waals surface area contributed by atoms with Gasteiger partial charge in [0.25, 0.3) is 0 Å². The number of ether oxygens (including phenoxy) is 2. The number of para-hydroxylation sites is 4. The second-order valence-electron chi connectivity index (χ2n) is 32.3. The van der Waals surface area contributed by atoms with Crippen LogP contribution in [0.15, 0.2) is 419 Å². The Morgan fingerprint density at radius 2 is 0.548 bits per heavy atom. The number of pyridine rings is 7. The molecule has 0 amide bonds. The van der Waals surface area contributed by atoms with Crippen molar-refractivity contribution >= 4 is 65.2 Å². The Labute approximate surface area is 714 Å². The van der Waals surface area contributed by atoms with Crippen LogP contribution >= 0.6 is 0 Å². The van der Waals surface area contributed by atoms with Crippen LogP contribution in [0.3, 0.4) is 0 Å². The summed E-state index contributed by atoms with van der Waals surface area (Å²) in [7, 11) is 0. The van der Waals surface area contributed by atoms with Gasteiger partial charge in [0, 0.05) is 78.4 Å². The van der Waals surface area contributed by atoms with E-state index in [1.165, 1.54) is 44.5 Å². The summed E-state index contributed by atoms with van der Waals surface area (Å²) in [5, 5.41) is 8.55. The molecule has 2 aliphatic carbocycles. The highest BCUT2D eigenvalue weighted by molar-refractivity contribution is 6.17. The minimum atomic E-state index is -0.569. The second kappa shape index (κ2) is 28.1. The zero-order valence-electron chi connectivity index (χ0n) is 66.8. The lowest BCUT2D eigenvalue weighted by Gasteiger charge is -2.40. The van der Waals surface area contributed by atoms with Crippen LogP contribution in [0.2, 0.25) is 0 Å². The highest BCUT2D eigenvalue weighted by Crippen LogP contribution is 2.66. The summed E-state index contributed by atoms with van der Waals surface area (Å²) >= 11 is 0. The van der Waals surface area contributed by atoms with E-state index in [0.717, 1.165) is 200 Å². The van der Waals surface area contributed by atoms with Gasteiger partial charge in [-0.2, -0.15) is 0 Å². The van der Waals surface area contributed by atoms with Gasteiger partial charge in [-0.1, -0.05) is 334 Å². The van der Waals surface area contributed by atoms with E-state index in [2.05, 4.69) is 362 Å². The predicted molar refractivity (Wildman–Crippen MR) is 501 cm³/mol. The largest absolute Gasteiger partial charge is 0.456 e. The van der Waals surface area contributed by atoms with E-state index in [1.807, 2.05) is 54.6 Å². The summed E-state index contributed by atoms with van der Waals surface area (Å²) in [6, 6.07) is 144. The molecule has 0 atom stereocenters. The van der Waals surface area contributed by atoms with Crippen molar-refractivity contribution < 1.29 is 9.47 Å². The second-order valence-corrected chi connectivity index (χ2v) is 32.3. The van der Waals surface area contributed by atoms with Crippen LogP contribution in [0, 0.1) is 0 Å². The van der Waals surface area contributed by atoms with Crippen molar-refractivity contribution in [3.8, 4) is 135 Å². The first kappa shape index (κ1) is 70.5. The quantitative estimate of drug-likeness (QED) is 0.137. The average molecular weight is 1580 g/mol. The van der Waals surface area contributed by atoms with Gasteiger partial charge >= 0.3 is 0 Å². The number of aromatic nitrogens is 7. The summed E-state index contributed by atoms with van der Waals surface area (Å²) in [6.45, 7) is 0.